The van der Waals surface area contributed by atoms with Crippen LogP contribution in [-0.4, -0.2) is 41.4 Å². The van der Waals surface area contributed by atoms with Crippen molar-refractivity contribution in [1.29, 1.82) is 0 Å². The number of halogens is 1. The van der Waals surface area contributed by atoms with E-state index >= 15 is 0 Å². The molecule has 31 heavy (non-hydrogen) atoms. The smallest absolute Gasteiger partial charge is 0.261 e. The molecule has 1 atom stereocenters. The lowest BCUT2D eigenvalue weighted by Gasteiger charge is -2.31. The molecule has 0 aliphatic carbocycles. The van der Waals surface area contributed by atoms with Gasteiger partial charge in [-0.25, -0.2) is 0 Å². The van der Waals surface area contributed by atoms with Crippen molar-refractivity contribution in [3.63, 3.8) is 0 Å². The number of ether oxygens (including phenoxy) is 1. The van der Waals surface area contributed by atoms with Gasteiger partial charge in [0.25, 0.3) is 5.91 Å². The lowest BCUT2D eigenvalue weighted by molar-refractivity contribution is -0.142. The molecule has 0 aliphatic rings. The predicted molar refractivity (Wildman–Crippen MR) is 128 cm³/mol. The van der Waals surface area contributed by atoms with Crippen LogP contribution in [0, 0.1) is 13.8 Å². The maximum Gasteiger partial charge on any atom is 0.261 e. The van der Waals surface area contributed by atoms with Crippen LogP contribution in [-0.2, 0) is 16.0 Å². The molecule has 2 aromatic rings. The molecule has 6 heteroatoms. The normalized spacial score (nSPS) is 12.2. The molecule has 0 fully saturated rings. The van der Waals surface area contributed by atoms with E-state index in [9.17, 15) is 9.59 Å². The number of hydrogen-bond donors (Lipinski definition) is 1. The summed E-state index contributed by atoms with van der Waals surface area (Å²) in [6, 6.07) is 13.1. The molecule has 0 aromatic heterocycles. The molecular weight excluding hydrogens is 456 g/mol. The van der Waals surface area contributed by atoms with Gasteiger partial charge in [-0.1, -0.05) is 46.3 Å². The Morgan fingerprint density at radius 1 is 1.10 bits per heavy atom. The van der Waals surface area contributed by atoms with Crippen molar-refractivity contribution >= 4 is 27.7 Å². The summed E-state index contributed by atoms with van der Waals surface area (Å²) in [6.45, 7) is 11.8. The Hall–Kier alpha value is -2.34. The standard InChI is InChI=1S/C25H33BrN2O3/c1-17-14-21(15-18(2)23(17)26)31-16-22(29)28(13-12-20-10-8-7-9-11-20)19(3)24(30)27-25(4,5)6/h7-11,14-15,19H,12-13,16H2,1-6H3,(H,27,30)/t19-/m1/s1. The van der Waals surface area contributed by atoms with Gasteiger partial charge in [0, 0.05) is 16.6 Å². The van der Waals surface area contributed by atoms with E-state index in [4.69, 9.17) is 4.74 Å². The molecule has 2 aromatic carbocycles. The Morgan fingerprint density at radius 3 is 2.23 bits per heavy atom. The van der Waals surface area contributed by atoms with Crippen molar-refractivity contribution in [3.05, 3.63) is 63.6 Å². The highest BCUT2D eigenvalue weighted by atomic mass is 79.9. The quantitative estimate of drug-likeness (QED) is 0.579. The van der Waals surface area contributed by atoms with Gasteiger partial charge in [-0.3, -0.25) is 9.59 Å². The Bertz CT molecular complexity index is 884. The fourth-order valence-electron chi connectivity index (χ4n) is 3.26. The second-order valence-electron chi connectivity index (χ2n) is 8.90. The monoisotopic (exact) mass is 488 g/mol. The van der Waals surface area contributed by atoms with Crippen molar-refractivity contribution in [2.45, 2.75) is 59.5 Å². The average molecular weight is 489 g/mol. The second-order valence-corrected chi connectivity index (χ2v) is 9.69. The summed E-state index contributed by atoms with van der Waals surface area (Å²) in [5.74, 6) is 0.247. The van der Waals surface area contributed by atoms with Gasteiger partial charge in [0.05, 0.1) is 0 Å². The van der Waals surface area contributed by atoms with Crippen LogP contribution in [0.4, 0.5) is 0 Å². The van der Waals surface area contributed by atoms with Crippen molar-refractivity contribution in [2.75, 3.05) is 13.2 Å². The third kappa shape index (κ3) is 7.69. The zero-order valence-electron chi connectivity index (χ0n) is 19.3. The van der Waals surface area contributed by atoms with Crippen LogP contribution in [0.2, 0.25) is 0 Å². The SMILES string of the molecule is Cc1cc(OCC(=O)N(CCc2ccccc2)[C@H](C)C(=O)NC(C)(C)C)cc(C)c1Br. The van der Waals surface area contributed by atoms with Gasteiger partial charge in [0.2, 0.25) is 5.91 Å². The van der Waals surface area contributed by atoms with Crippen molar-refractivity contribution in [2.24, 2.45) is 0 Å². The maximum atomic E-state index is 13.1. The number of nitrogens with zero attached hydrogens (tertiary/aromatic N) is 1. The first kappa shape index (κ1) is 24.9. The molecular formula is C25H33BrN2O3. The van der Waals surface area contributed by atoms with Crippen LogP contribution < -0.4 is 10.1 Å². The average Bonchev–Trinajstić information content (AvgIpc) is 2.69. The van der Waals surface area contributed by atoms with Crippen LogP contribution in [0.5, 0.6) is 5.75 Å². The molecule has 0 spiro atoms. The Balaban J connectivity index is 2.13. The van der Waals surface area contributed by atoms with Crippen molar-refractivity contribution in [3.8, 4) is 5.75 Å². The molecule has 0 aliphatic heterocycles. The molecule has 0 unspecified atom stereocenters. The number of rotatable bonds is 8. The maximum absolute atomic E-state index is 13.1. The molecule has 1 N–H and O–H groups in total. The zero-order valence-corrected chi connectivity index (χ0v) is 20.9. The number of benzene rings is 2. The third-order valence-corrected chi connectivity index (χ3v) is 6.17. The minimum atomic E-state index is -0.604. The number of amides is 2. The lowest BCUT2D eigenvalue weighted by atomic mass is 10.1. The van der Waals surface area contributed by atoms with E-state index in [-0.39, 0.29) is 24.0 Å². The molecule has 168 valence electrons. The van der Waals surface area contributed by atoms with Gasteiger partial charge in [-0.05, 0) is 76.8 Å². The van der Waals surface area contributed by atoms with Crippen LogP contribution in [0.1, 0.15) is 44.4 Å². The lowest BCUT2D eigenvalue weighted by Crippen LogP contribution is -2.53. The van der Waals surface area contributed by atoms with Gasteiger partial charge in [0.1, 0.15) is 11.8 Å². The van der Waals surface area contributed by atoms with Crippen molar-refractivity contribution in [1.82, 2.24) is 10.2 Å². The van der Waals surface area contributed by atoms with E-state index in [1.165, 1.54) is 0 Å². The van der Waals surface area contributed by atoms with Crippen LogP contribution in [0.15, 0.2) is 46.9 Å². The molecule has 0 saturated carbocycles. The number of hydrogen-bond acceptors (Lipinski definition) is 3. The Labute approximate surface area is 194 Å². The van der Waals surface area contributed by atoms with Gasteiger partial charge in [-0.2, -0.15) is 0 Å². The molecule has 2 amide bonds. The molecule has 0 saturated heterocycles. The molecule has 0 heterocycles. The largest absolute Gasteiger partial charge is 0.484 e. The summed E-state index contributed by atoms with van der Waals surface area (Å²) in [4.78, 5) is 27.5. The van der Waals surface area contributed by atoms with E-state index in [0.29, 0.717) is 18.7 Å². The number of carbonyl (C=O) groups is 2. The Morgan fingerprint density at radius 2 is 1.68 bits per heavy atom. The minimum Gasteiger partial charge on any atom is -0.484 e. The molecule has 2 rings (SSSR count). The third-order valence-electron chi connectivity index (χ3n) is 4.92. The highest BCUT2D eigenvalue weighted by Crippen LogP contribution is 2.26. The summed E-state index contributed by atoms with van der Waals surface area (Å²) in [5.41, 5.74) is 2.83. The summed E-state index contributed by atoms with van der Waals surface area (Å²) in [5, 5.41) is 2.97. The Kier molecular flexibility index (Phi) is 8.69. The number of aryl methyl sites for hydroxylation is 2. The number of carbonyl (C=O) groups excluding carboxylic acids is 2. The summed E-state index contributed by atoms with van der Waals surface area (Å²) in [6.07, 6.45) is 0.663. The van der Waals surface area contributed by atoms with E-state index in [0.717, 1.165) is 21.2 Å². The first-order chi connectivity index (χ1) is 14.5. The molecule has 5 nitrogen and oxygen atoms in total. The van der Waals surface area contributed by atoms with Gasteiger partial charge >= 0.3 is 0 Å². The summed E-state index contributed by atoms with van der Waals surface area (Å²) < 4.78 is 6.84. The van der Waals surface area contributed by atoms with Crippen LogP contribution in [0.25, 0.3) is 0 Å². The van der Waals surface area contributed by atoms with E-state index in [1.807, 2.05) is 77.1 Å². The van der Waals surface area contributed by atoms with Gasteiger partial charge < -0.3 is 15.0 Å². The highest BCUT2D eigenvalue weighted by Gasteiger charge is 2.28. The summed E-state index contributed by atoms with van der Waals surface area (Å²) in [7, 11) is 0. The van der Waals surface area contributed by atoms with Crippen LogP contribution in [0.3, 0.4) is 0 Å². The topological polar surface area (TPSA) is 58.6 Å². The first-order valence-electron chi connectivity index (χ1n) is 10.5. The fourth-order valence-corrected chi connectivity index (χ4v) is 3.49. The van der Waals surface area contributed by atoms with E-state index < -0.39 is 6.04 Å². The molecule has 0 radical (unpaired) electrons. The fraction of sp³-hybridized carbons (Fsp3) is 0.440. The predicted octanol–water partition coefficient (Wildman–Crippen LogP) is 4.82. The van der Waals surface area contributed by atoms with Crippen molar-refractivity contribution < 1.29 is 14.3 Å². The van der Waals surface area contributed by atoms with Gasteiger partial charge in [0.15, 0.2) is 6.61 Å². The zero-order chi connectivity index (χ0) is 23.2. The van der Waals surface area contributed by atoms with Gasteiger partial charge in [-0.15, -0.1) is 0 Å². The van der Waals surface area contributed by atoms with Crippen LogP contribution >= 0.6 is 15.9 Å². The summed E-state index contributed by atoms with van der Waals surface area (Å²) >= 11 is 3.54. The first-order valence-corrected chi connectivity index (χ1v) is 11.3. The van der Waals surface area contributed by atoms with E-state index in [1.54, 1.807) is 11.8 Å². The number of nitrogens with one attached hydrogen (secondary N) is 1. The minimum absolute atomic E-state index is 0.123. The molecule has 0 bridgehead atoms. The highest BCUT2D eigenvalue weighted by molar-refractivity contribution is 9.10. The second kappa shape index (κ2) is 10.8. The van der Waals surface area contributed by atoms with E-state index in [2.05, 4.69) is 21.2 Å².